The van der Waals surface area contributed by atoms with Crippen LogP contribution in [0.15, 0.2) is 0 Å². The molecule has 1 saturated heterocycles. The number of carbonyl (C=O) groups excluding carboxylic acids is 2. The number of ether oxygens (including phenoxy) is 1. The summed E-state index contributed by atoms with van der Waals surface area (Å²) in [6.45, 7) is 5.92. The van der Waals surface area contributed by atoms with E-state index in [0.717, 1.165) is 6.26 Å². The number of rotatable bonds is 5. The Morgan fingerprint density at radius 2 is 2.04 bits per heavy atom. The third-order valence-electron chi connectivity index (χ3n) is 4.08. The van der Waals surface area contributed by atoms with E-state index in [-0.39, 0.29) is 24.8 Å². The van der Waals surface area contributed by atoms with Crippen LogP contribution >= 0.6 is 0 Å². The maximum Gasteiger partial charge on any atom is 0.253 e. The second-order valence-corrected chi connectivity index (χ2v) is 7.99. The molecule has 0 radical (unpaired) electrons. The molecule has 2 heterocycles. The summed E-state index contributed by atoms with van der Waals surface area (Å²) in [7, 11) is -3.27. The second-order valence-electron chi connectivity index (χ2n) is 6.01. The first kappa shape index (κ1) is 18.6. The fraction of sp³-hybridized carbons (Fsp3) is 0.600. The van der Waals surface area contributed by atoms with Crippen LogP contribution in [0, 0.1) is 13.8 Å². The number of nitrogens with one attached hydrogen (secondary N) is 2. The number of ketones is 1. The van der Waals surface area contributed by atoms with Gasteiger partial charge in [0.05, 0.1) is 30.2 Å². The van der Waals surface area contributed by atoms with Gasteiger partial charge >= 0.3 is 0 Å². The Bertz CT molecular complexity index is 753. The van der Waals surface area contributed by atoms with Crippen molar-refractivity contribution in [2.45, 2.75) is 26.9 Å². The zero-order valence-electron chi connectivity index (χ0n) is 14.3. The van der Waals surface area contributed by atoms with Gasteiger partial charge in [0, 0.05) is 32.3 Å². The number of H-pyrrole nitrogens is 1. The van der Waals surface area contributed by atoms with Crippen LogP contribution in [0.5, 0.6) is 0 Å². The summed E-state index contributed by atoms with van der Waals surface area (Å²) >= 11 is 0. The number of sulfonamides is 1. The van der Waals surface area contributed by atoms with E-state index >= 15 is 0 Å². The van der Waals surface area contributed by atoms with E-state index in [1.165, 1.54) is 11.2 Å². The molecule has 134 valence electrons. The second kappa shape index (κ2) is 7.04. The first-order valence-corrected chi connectivity index (χ1v) is 9.51. The van der Waals surface area contributed by atoms with E-state index in [1.807, 2.05) is 0 Å². The minimum Gasteiger partial charge on any atom is -0.374 e. The van der Waals surface area contributed by atoms with Gasteiger partial charge in [-0.15, -0.1) is 0 Å². The Kier molecular flexibility index (Phi) is 5.46. The predicted octanol–water partition coefficient (Wildman–Crippen LogP) is 0.224. The van der Waals surface area contributed by atoms with Gasteiger partial charge in [-0.3, -0.25) is 9.59 Å². The third-order valence-corrected chi connectivity index (χ3v) is 5.35. The summed E-state index contributed by atoms with van der Waals surface area (Å²) in [6, 6.07) is 0. The van der Waals surface area contributed by atoms with Crippen molar-refractivity contribution in [3.05, 3.63) is 22.5 Å². The fourth-order valence-electron chi connectivity index (χ4n) is 2.85. The van der Waals surface area contributed by atoms with Crippen LogP contribution in [0.4, 0.5) is 0 Å². The van der Waals surface area contributed by atoms with Gasteiger partial charge in [-0.2, -0.15) is 4.31 Å². The maximum absolute atomic E-state index is 12.4. The summed E-state index contributed by atoms with van der Waals surface area (Å²) in [6.07, 6.45) is 0.758. The largest absolute Gasteiger partial charge is 0.374 e. The van der Waals surface area contributed by atoms with Crippen LogP contribution in [0.2, 0.25) is 0 Å². The van der Waals surface area contributed by atoms with Crippen molar-refractivity contribution in [1.82, 2.24) is 14.6 Å². The van der Waals surface area contributed by atoms with Crippen molar-refractivity contribution < 1.29 is 22.7 Å². The average Bonchev–Trinajstić information content (AvgIpc) is 2.79. The molecule has 1 aromatic heterocycles. The highest BCUT2D eigenvalue weighted by Crippen LogP contribution is 2.18. The fourth-order valence-corrected chi connectivity index (χ4v) is 3.70. The molecule has 24 heavy (non-hydrogen) atoms. The minimum absolute atomic E-state index is 0.131. The standard InChI is InChI=1S/C15H23N3O5S/c1-9-13(10(2)17-14(9)11(3)19)15(20)16-7-12-8-18(5-6-23-12)24(4,21)22/h12,17H,5-8H2,1-4H3,(H,16,20). The van der Waals surface area contributed by atoms with Gasteiger partial charge in [0.1, 0.15) is 0 Å². The molecule has 1 atom stereocenters. The molecule has 1 aliphatic rings. The Morgan fingerprint density at radius 3 is 2.58 bits per heavy atom. The van der Waals surface area contributed by atoms with E-state index in [1.54, 1.807) is 13.8 Å². The molecule has 1 aliphatic heterocycles. The summed E-state index contributed by atoms with van der Waals surface area (Å²) in [5, 5.41) is 2.76. The molecular weight excluding hydrogens is 334 g/mol. The smallest absolute Gasteiger partial charge is 0.253 e. The maximum atomic E-state index is 12.4. The van der Waals surface area contributed by atoms with Gasteiger partial charge in [-0.25, -0.2) is 8.42 Å². The molecule has 2 N–H and O–H groups in total. The molecule has 8 nitrogen and oxygen atoms in total. The van der Waals surface area contributed by atoms with Crippen molar-refractivity contribution in [2.24, 2.45) is 0 Å². The molecule has 0 spiro atoms. The molecule has 2 rings (SSSR count). The molecule has 9 heteroatoms. The van der Waals surface area contributed by atoms with Gasteiger partial charge in [0.2, 0.25) is 10.0 Å². The van der Waals surface area contributed by atoms with Crippen LogP contribution < -0.4 is 5.32 Å². The lowest BCUT2D eigenvalue weighted by Crippen LogP contribution is -2.49. The monoisotopic (exact) mass is 357 g/mol. The number of aryl methyl sites for hydroxylation is 1. The summed E-state index contributed by atoms with van der Waals surface area (Å²) in [5.74, 6) is -0.442. The van der Waals surface area contributed by atoms with Gasteiger partial charge in [0.25, 0.3) is 5.91 Å². The van der Waals surface area contributed by atoms with Crippen molar-refractivity contribution in [3.63, 3.8) is 0 Å². The van der Waals surface area contributed by atoms with Crippen LogP contribution in [0.3, 0.4) is 0 Å². The highest BCUT2D eigenvalue weighted by molar-refractivity contribution is 7.88. The molecule has 0 saturated carbocycles. The predicted molar refractivity (Wildman–Crippen MR) is 88.8 cm³/mol. The zero-order chi connectivity index (χ0) is 18.1. The first-order valence-electron chi connectivity index (χ1n) is 7.66. The quantitative estimate of drug-likeness (QED) is 0.733. The highest BCUT2D eigenvalue weighted by Gasteiger charge is 2.27. The van der Waals surface area contributed by atoms with Crippen molar-refractivity contribution in [3.8, 4) is 0 Å². The lowest BCUT2D eigenvalue weighted by molar-refractivity contribution is 0.000431. The van der Waals surface area contributed by atoms with Crippen LogP contribution in [0.25, 0.3) is 0 Å². The number of carbonyl (C=O) groups is 2. The topological polar surface area (TPSA) is 109 Å². The molecule has 1 aromatic rings. The van der Waals surface area contributed by atoms with Gasteiger partial charge < -0.3 is 15.0 Å². The van der Waals surface area contributed by atoms with Crippen molar-refractivity contribution >= 4 is 21.7 Å². The lowest BCUT2D eigenvalue weighted by atomic mass is 10.1. The molecular formula is C15H23N3O5S. The SMILES string of the molecule is CC(=O)c1[nH]c(C)c(C(=O)NCC2CN(S(C)(=O)=O)CCO2)c1C. The van der Waals surface area contributed by atoms with E-state index < -0.39 is 16.1 Å². The Labute approximate surface area is 141 Å². The van der Waals surface area contributed by atoms with Crippen LogP contribution in [-0.4, -0.2) is 68.0 Å². The van der Waals surface area contributed by atoms with E-state index in [2.05, 4.69) is 10.3 Å². The number of amides is 1. The number of aromatic amines is 1. The average molecular weight is 357 g/mol. The number of Topliss-reactive ketones (excluding diaryl/α,β-unsaturated/α-hetero) is 1. The summed E-state index contributed by atoms with van der Waals surface area (Å²) < 4.78 is 30.0. The third kappa shape index (κ3) is 4.03. The summed E-state index contributed by atoms with van der Waals surface area (Å²) in [4.78, 5) is 26.9. The zero-order valence-corrected chi connectivity index (χ0v) is 15.1. The molecule has 1 fully saturated rings. The number of aromatic nitrogens is 1. The van der Waals surface area contributed by atoms with Crippen LogP contribution in [0.1, 0.15) is 39.0 Å². The Balaban J connectivity index is 2.02. The van der Waals surface area contributed by atoms with Crippen LogP contribution in [-0.2, 0) is 14.8 Å². The van der Waals surface area contributed by atoms with Gasteiger partial charge in [-0.05, 0) is 19.4 Å². The van der Waals surface area contributed by atoms with Gasteiger partial charge in [-0.1, -0.05) is 0 Å². The highest BCUT2D eigenvalue weighted by atomic mass is 32.2. The molecule has 1 amide bonds. The van der Waals surface area contributed by atoms with E-state index in [0.29, 0.717) is 35.7 Å². The molecule has 1 unspecified atom stereocenters. The Morgan fingerprint density at radius 1 is 1.38 bits per heavy atom. The van der Waals surface area contributed by atoms with Gasteiger partial charge in [0.15, 0.2) is 5.78 Å². The van der Waals surface area contributed by atoms with E-state index in [4.69, 9.17) is 4.74 Å². The number of morpholine rings is 1. The number of hydrogen-bond acceptors (Lipinski definition) is 5. The first-order chi connectivity index (χ1) is 11.1. The Hall–Kier alpha value is -1.71. The normalized spacial score (nSPS) is 19.2. The molecule has 0 aliphatic carbocycles. The van der Waals surface area contributed by atoms with Crippen molar-refractivity contribution in [2.75, 3.05) is 32.5 Å². The molecule has 0 bridgehead atoms. The minimum atomic E-state index is -3.27. The summed E-state index contributed by atoms with van der Waals surface area (Å²) in [5.41, 5.74) is 2.10. The van der Waals surface area contributed by atoms with E-state index in [9.17, 15) is 18.0 Å². The number of hydrogen-bond donors (Lipinski definition) is 2. The number of nitrogens with zero attached hydrogens (tertiary/aromatic N) is 1. The molecule has 0 aromatic carbocycles. The van der Waals surface area contributed by atoms with Crippen molar-refractivity contribution in [1.29, 1.82) is 0 Å². The lowest BCUT2D eigenvalue weighted by Gasteiger charge is -2.31.